The lowest BCUT2D eigenvalue weighted by Crippen LogP contribution is -2.22. The Balaban J connectivity index is 1.49. The van der Waals surface area contributed by atoms with Crippen molar-refractivity contribution in [3.8, 4) is 0 Å². The van der Waals surface area contributed by atoms with Crippen LogP contribution in [-0.4, -0.2) is 26.1 Å². The molecule has 0 spiro atoms. The Labute approximate surface area is 115 Å². The third-order valence-corrected chi connectivity index (χ3v) is 3.01. The third kappa shape index (κ3) is 6.01. The first-order valence-corrected chi connectivity index (χ1v) is 6.95. The number of benzene rings is 1. The van der Waals surface area contributed by atoms with Crippen molar-refractivity contribution in [1.82, 2.24) is 0 Å². The summed E-state index contributed by atoms with van der Waals surface area (Å²) < 4.78 is 16.6. The van der Waals surface area contributed by atoms with Gasteiger partial charge in [0.1, 0.15) is 0 Å². The van der Waals surface area contributed by atoms with Crippen molar-refractivity contribution in [3.05, 3.63) is 48.0 Å². The predicted octanol–water partition coefficient (Wildman–Crippen LogP) is 3.30. The van der Waals surface area contributed by atoms with E-state index in [2.05, 4.69) is 12.1 Å². The fraction of sp³-hybridized carbons (Fsp3) is 0.500. The van der Waals surface area contributed by atoms with Crippen LogP contribution in [0.25, 0.3) is 0 Å². The number of ether oxygens (including phenoxy) is 3. The summed E-state index contributed by atoms with van der Waals surface area (Å²) in [5.74, 6) is 0. The highest BCUT2D eigenvalue weighted by Gasteiger charge is 2.12. The van der Waals surface area contributed by atoms with Crippen LogP contribution < -0.4 is 0 Å². The van der Waals surface area contributed by atoms with Gasteiger partial charge < -0.3 is 14.2 Å². The largest absolute Gasteiger partial charge is 0.373 e. The van der Waals surface area contributed by atoms with Crippen molar-refractivity contribution in [2.45, 2.75) is 32.2 Å². The summed E-state index contributed by atoms with van der Waals surface area (Å²) in [6, 6.07) is 10.2. The number of rotatable bonds is 7. The molecule has 1 atom stereocenters. The molecular formula is C16H22O3. The molecule has 1 aliphatic rings. The van der Waals surface area contributed by atoms with Crippen LogP contribution in [0.4, 0.5) is 0 Å². The van der Waals surface area contributed by atoms with Gasteiger partial charge in [-0.3, -0.25) is 0 Å². The summed E-state index contributed by atoms with van der Waals surface area (Å²) >= 11 is 0. The van der Waals surface area contributed by atoms with E-state index in [0.29, 0.717) is 19.8 Å². The van der Waals surface area contributed by atoms with Crippen molar-refractivity contribution < 1.29 is 14.2 Å². The fourth-order valence-electron chi connectivity index (χ4n) is 1.96. The van der Waals surface area contributed by atoms with E-state index in [1.807, 2.05) is 30.4 Å². The van der Waals surface area contributed by atoms with Crippen molar-refractivity contribution in [2.75, 3.05) is 19.8 Å². The maximum Gasteiger partial charge on any atom is 0.157 e. The third-order valence-electron chi connectivity index (χ3n) is 3.01. The molecule has 1 aromatic rings. The van der Waals surface area contributed by atoms with Gasteiger partial charge in [-0.1, -0.05) is 42.5 Å². The highest BCUT2D eigenvalue weighted by atomic mass is 16.7. The first kappa shape index (κ1) is 14.3. The molecule has 104 valence electrons. The lowest BCUT2D eigenvalue weighted by Gasteiger charge is -2.21. The molecule has 1 aliphatic heterocycles. The summed E-state index contributed by atoms with van der Waals surface area (Å²) in [5, 5.41) is 0. The minimum atomic E-state index is -0.0105. The Morgan fingerprint density at radius 3 is 2.74 bits per heavy atom. The molecule has 2 rings (SSSR count). The SMILES string of the molecule is C(=C/COC1CCCCO1)/COCc1ccccc1. The van der Waals surface area contributed by atoms with Gasteiger partial charge in [-0.05, 0) is 24.8 Å². The molecule has 0 amide bonds. The zero-order valence-corrected chi connectivity index (χ0v) is 11.3. The van der Waals surface area contributed by atoms with Crippen LogP contribution in [0.2, 0.25) is 0 Å². The Bertz CT molecular complexity index is 356. The van der Waals surface area contributed by atoms with Crippen molar-refractivity contribution in [1.29, 1.82) is 0 Å². The topological polar surface area (TPSA) is 27.7 Å². The van der Waals surface area contributed by atoms with Crippen LogP contribution >= 0.6 is 0 Å². The molecule has 3 heteroatoms. The molecular weight excluding hydrogens is 240 g/mol. The van der Waals surface area contributed by atoms with E-state index in [4.69, 9.17) is 14.2 Å². The summed E-state index contributed by atoms with van der Waals surface area (Å²) in [6.45, 7) is 2.69. The van der Waals surface area contributed by atoms with Gasteiger partial charge in [0, 0.05) is 6.61 Å². The van der Waals surface area contributed by atoms with Crippen molar-refractivity contribution in [2.24, 2.45) is 0 Å². The highest BCUT2D eigenvalue weighted by Crippen LogP contribution is 2.13. The lowest BCUT2D eigenvalue weighted by molar-refractivity contribution is -0.155. The van der Waals surface area contributed by atoms with E-state index < -0.39 is 0 Å². The molecule has 1 unspecified atom stereocenters. The van der Waals surface area contributed by atoms with E-state index in [1.54, 1.807) is 0 Å². The van der Waals surface area contributed by atoms with E-state index >= 15 is 0 Å². The highest BCUT2D eigenvalue weighted by molar-refractivity contribution is 5.13. The Hall–Kier alpha value is -1.16. The molecule has 0 aromatic heterocycles. The second-order valence-corrected chi connectivity index (χ2v) is 4.60. The minimum Gasteiger partial charge on any atom is -0.373 e. The van der Waals surface area contributed by atoms with Crippen LogP contribution in [0, 0.1) is 0 Å². The van der Waals surface area contributed by atoms with Gasteiger partial charge in [0.15, 0.2) is 6.29 Å². The van der Waals surface area contributed by atoms with Crippen LogP contribution in [0.15, 0.2) is 42.5 Å². The second-order valence-electron chi connectivity index (χ2n) is 4.60. The Kier molecular flexibility index (Phi) is 6.65. The molecule has 1 fully saturated rings. The molecule has 0 N–H and O–H groups in total. The monoisotopic (exact) mass is 262 g/mol. The summed E-state index contributed by atoms with van der Waals surface area (Å²) in [4.78, 5) is 0. The molecule has 0 radical (unpaired) electrons. The molecule has 0 saturated carbocycles. The van der Waals surface area contributed by atoms with Crippen LogP contribution in [0.5, 0.6) is 0 Å². The van der Waals surface area contributed by atoms with Gasteiger partial charge in [-0.2, -0.15) is 0 Å². The molecule has 3 nitrogen and oxygen atoms in total. The summed E-state index contributed by atoms with van der Waals surface area (Å²) in [6.07, 6.45) is 7.34. The molecule has 0 aliphatic carbocycles. The van der Waals surface area contributed by atoms with Crippen LogP contribution in [0.3, 0.4) is 0 Å². The van der Waals surface area contributed by atoms with Gasteiger partial charge in [-0.25, -0.2) is 0 Å². The predicted molar refractivity (Wildman–Crippen MR) is 74.8 cm³/mol. The maximum atomic E-state index is 5.58. The van der Waals surface area contributed by atoms with Crippen molar-refractivity contribution in [3.63, 3.8) is 0 Å². The molecule has 1 saturated heterocycles. The smallest absolute Gasteiger partial charge is 0.157 e. The number of hydrogen-bond acceptors (Lipinski definition) is 3. The van der Waals surface area contributed by atoms with E-state index in [0.717, 1.165) is 19.4 Å². The minimum absolute atomic E-state index is 0.0105. The molecule has 0 bridgehead atoms. The second kappa shape index (κ2) is 8.86. The average molecular weight is 262 g/mol. The van der Waals surface area contributed by atoms with Gasteiger partial charge in [0.2, 0.25) is 0 Å². The van der Waals surface area contributed by atoms with Gasteiger partial charge in [-0.15, -0.1) is 0 Å². The van der Waals surface area contributed by atoms with Gasteiger partial charge in [0.25, 0.3) is 0 Å². The summed E-state index contributed by atoms with van der Waals surface area (Å²) in [7, 11) is 0. The lowest BCUT2D eigenvalue weighted by atomic mass is 10.2. The van der Waals surface area contributed by atoms with E-state index in [1.165, 1.54) is 12.0 Å². The maximum absolute atomic E-state index is 5.58. The van der Waals surface area contributed by atoms with Gasteiger partial charge >= 0.3 is 0 Å². The van der Waals surface area contributed by atoms with Gasteiger partial charge in [0.05, 0.1) is 19.8 Å². The van der Waals surface area contributed by atoms with Crippen LogP contribution in [0.1, 0.15) is 24.8 Å². The quantitative estimate of drug-likeness (QED) is 0.557. The van der Waals surface area contributed by atoms with E-state index in [-0.39, 0.29) is 6.29 Å². The zero-order chi connectivity index (χ0) is 13.2. The zero-order valence-electron chi connectivity index (χ0n) is 11.3. The van der Waals surface area contributed by atoms with Crippen LogP contribution in [-0.2, 0) is 20.8 Å². The Morgan fingerprint density at radius 2 is 1.95 bits per heavy atom. The Morgan fingerprint density at radius 1 is 1.11 bits per heavy atom. The standard InChI is InChI=1S/C16H22O3/c1-2-8-15(9-3-1)14-17-11-6-7-13-19-16-10-4-5-12-18-16/h1-3,6-9,16H,4-5,10-14H2/b7-6-. The molecule has 1 aromatic carbocycles. The van der Waals surface area contributed by atoms with E-state index in [9.17, 15) is 0 Å². The fourth-order valence-corrected chi connectivity index (χ4v) is 1.96. The molecule has 1 heterocycles. The average Bonchev–Trinajstić information content (AvgIpc) is 2.48. The first-order chi connectivity index (χ1) is 9.45. The van der Waals surface area contributed by atoms with Crippen molar-refractivity contribution >= 4 is 0 Å². The molecule has 19 heavy (non-hydrogen) atoms. The summed E-state index contributed by atoms with van der Waals surface area (Å²) in [5.41, 5.74) is 1.20. The normalized spacial score (nSPS) is 19.9. The first-order valence-electron chi connectivity index (χ1n) is 6.95. The number of hydrogen-bond donors (Lipinski definition) is 0.